The monoisotopic (exact) mass is 424 g/mol. The Morgan fingerprint density at radius 2 is 1.90 bits per heavy atom. The summed E-state index contributed by atoms with van der Waals surface area (Å²) in [5.74, 6) is 0.709. The number of hydrogen-bond donors (Lipinski definition) is 1. The Kier molecular flexibility index (Phi) is 4.90. The molecule has 9 heteroatoms. The van der Waals surface area contributed by atoms with Crippen LogP contribution in [0, 0.1) is 6.92 Å². The molecule has 4 rings (SSSR count). The van der Waals surface area contributed by atoms with Crippen molar-refractivity contribution in [2.45, 2.75) is 18.7 Å². The fourth-order valence-electron chi connectivity index (χ4n) is 3.21. The van der Waals surface area contributed by atoms with Crippen molar-refractivity contribution in [3.05, 3.63) is 65.1 Å². The third kappa shape index (κ3) is 3.37. The lowest BCUT2D eigenvalue weighted by Crippen LogP contribution is -2.15. The van der Waals surface area contributed by atoms with Crippen LogP contribution >= 0.6 is 0 Å². The lowest BCUT2D eigenvalue weighted by molar-refractivity contribution is 0.456. The van der Waals surface area contributed by atoms with Crippen molar-refractivity contribution in [3.63, 3.8) is 0 Å². The van der Waals surface area contributed by atoms with E-state index >= 15 is 0 Å². The largest absolute Gasteiger partial charge is 0.437 e. The minimum Gasteiger partial charge on any atom is -0.437 e. The highest BCUT2D eigenvalue weighted by Crippen LogP contribution is 2.38. The molecule has 0 fully saturated rings. The number of nitrogens with one attached hydrogen (secondary N) is 1. The molecule has 0 saturated carbocycles. The summed E-state index contributed by atoms with van der Waals surface area (Å²) in [7, 11) is -1.77. The van der Waals surface area contributed by atoms with Crippen LogP contribution in [0.5, 0.6) is 11.6 Å². The van der Waals surface area contributed by atoms with Gasteiger partial charge >= 0.3 is 0 Å². The van der Waals surface area contributed by atoms with Crippen molar-refractivity contribution in [2.24, 2.45) is 7.05 Å². The first-order valence-corrected chi connectivity index (χ1v) is 11.0. The Labute approximate surface area is 173 Å². The highest BCUT2D eigenvalue weighted by atomic mass is 32.2. The van der Waals surface area contributed by atoms with Gasteiger partial charge in [0.2, 0.25) is 5.88 Å². The quantitative estimate of drug-likeness (QED) is 0.527. The highest BCUT2D eigenvalue weighted by molar-refractivity contribution is 7.91. The average molecular weight is 424 g/mol. The van der Waals surface area contributed by atoms with E-state index in [4.69, 9.17) is 4.74 Å². The van der Waals surface area contributed by atoms with Gasteiger partial charge in [0.1, 0.15) is 11.3 Å². The van der Waals surface area contributed by atoms with Gasteiger partial charge in [0.15, 0.2) is 9.84 Å². The average Bonchev–Trinajstić information content (AvgIpc) is 3.17. The molecule has 0 atom stereocenters. The predicted molar refractivity (Wildman–Crippen MR) is 114 cm³/mol. The maximum absolute atomic E-state index is 12.5. The van der Waals surface area contributed by atoms with Gasteiger partial charge in [0.05, 0.1) is 16.3 Å². The molecule has 0 saturated heterocycles. The standard InChI is InChI=1S/C21H20N4O4S/c1-4-30(27,28)14-5-6-18(29-20-13(2)22-8-9-23-20)16(11-14)17-12-24-19-15(17)7-10-25(3)21(19)26/h5-12,24H,4H2,1-3H3. The number of fused-ring (bicyclic) bond motifs is 1. The fraction of sp³-hybridized carbons (Fsp3) is 0.190. The van der Waals surface area contributed by atoms with Crippen LogP contribution in [0.25, 0.3) is 22.0 Å². The smallest absolute Gasteiger partial charge is 0.274 e. The molecular formula is C21H20N4O4S. The normalized spacial score (nSPS) is 11.7. The summed E-state index contributed by atoms with van der Waals surface area (Å²) >= 11 is 0. The number of ether oxygens (including phenoxy) is 1. The predicted octanol–water partition coefficient (Wildman–Crippen LogP) is 3.22. The molecule has 0 unspecified atom stereocenters. The molecular weight excluding hydrogens is 404 g/mol. The van der Waals surface area contributed by atoms with Gasteiger partial charge in [-0.25, -0.2) is 13.4 Å². The fourth-order valence-corrected chi connectivity index (χ4v) is 4.11. The van der Waals surface area contributed by atoms with E-state index in [0.29, 0.717) is 39.4 Å². The van der Waals surface area contributed by atoms with Crippen molar-refractivity contribution in [3.8, 4) is 22.8 Å². The number of benzene rings is 1. The van der Waals surface area contributed by atoms with Crippen LogP contribution in [0.3, 0.4) is 0 Å². The molecule has 8 nitrogen and oxygen atoms in total. The van der Waals surface area contributed by atoms with E-state index in [1.807, 2.05) is 0 Å². The third-order valence-electron chi connectivity index (χ3n) is 4.94. The molecule has 3 heterocycles. The van der Waals surface area contributed by atoms with Crippen LogP contribution in [0.15, 0.2) is 58.7 Å². The first kappa shape index (κ1) is 19.8. The van der Waals surface area contributed by atoms with E-state index in [9.17, 15) is 13.2 Å². The van der Waals surface area contributed by atoms with Crippen molar-refractivity contribution >= 4 is 20.7 Å². The maximum Gasteiger partial charge on any atom is 0.274 e. The van der Waals surface area contributed by atoms with Gasteiger partial charge in [0.25, 0.3) is 5.56 Å². The first-order valence-electron chi connectivity index (χ1n) is 9.31. The van der Waals surface area contributed by atoms with Crippen molar-refractivity contribution in [1.82, 2.24) is 19.5 Å². The molecule has 30 heavy (non-hydrogen) atoms. The second-order valence-corrected chi connectivity index (χ2v) is 9.11. The van der Waals surface area contributed by atoms with Crippen LogP contribution < -0.4 is 10.3 Å². The highest BCUT2D eigenvalue weighted by Gasteiger charge is 2.20. The molecule has 0 amide bonds. The summed E-state index contributed by atoms with van der Waals surface area (Å²) in [5.41, 5.74) is 2.05. The zero-order valence-corrected chi connectivity index (χ0v) is 17.5. The molecule has 154 valence electrons. The molecule has 1 N–H and O–H groups in total. The van der Waals surface area contributed by atoms with E-state index in [0.717, 1.165) is 0 Å². The van der Waals surface area contributed by atoms with E-state index in [-0.39, 0.29) is 16.2 Å². The number of rotatable bonds is 5. The van der Waals surface area contributed by atoms with Crippen LogP contribution in [0.1, 0.15) is 12.6 Å². The SMILES string of the molecule is CCS(=O)(=O)c1ccc(Oc2nccnc2C)c(-c2c[nH]c3c(=O)n(C)ccc23)c1. The molecule has 0 aliphatic rings. The topological polar surface area (TPSA) is 107 Å². The van der Waals surface area contributed by atoms with E-state index in [1.54, 1.807) is 57.7 Å². The van der Waals surface area contributed by atoms with Crippen LogP contribution in [0.4, 0.5) is 0 Å². The van der Waals surface area contributed by atoms with Gasteiger partial charge in [-0.1, -0.05) is 6.92 Å². The van der Waals surface area contributed by atoms with Crippen LogP contribution in [-0.4, -0.2) is 33.7 Å². The van der Waals surface area contributed by atoms with Gasteiger partial charge < -0.3 is 14.3 Å². The summed E-state index contributed by atoms with van der Waals surface area (Å²) in [4.78, 5) is 24.0. The van der Waals surface area contributed by atoms with Crippen molar-refractivity contribution in [2.75, 3.05) is 5.75 Å². The Morgan fingerprint density at radius 3 is 2.63 bits per heavy atom. The lowest BCUT2D eigenvalue weighted by Gasteiger charge is -2.13. The first-order chi connectivity index (χ1) is 14.3. The summed E-state index contributed by atoms with van der Waals surface area (Å²) in [5, 5.41) is 0.671. The van der Waals surface area contributed by atoms with E-state index in [2.05, 4.69) is 15.0 Å². The van der Waals surface area contributed by atoms with Crippen molar-refractivity contribution < 1.29 is 13.2 Å². The Balaban J connectivity index is 1.96. The summed E-state index contributed by atoms with van der Waals surface area (Å²) in [6.07, 6.45) is 6.44. The Bertz CT molecular complexity index is 1420. The third-order valence-corrected chi connectivity index (χ3v) is 6.67. The van der Waals surface area contributed by atoms with Gasteiger partial charge in [0, 0.05) is 48.3 Å². The van der Waals surface area contributed by atoms with Crippen molar-refractivity contribution in [1.29, 1.82) is 0 Å². The molecule has 0 aliphatic carbocycles. The number of nitrogens with zero attached hydrogens (tertiary/aromatic N) is 3. The number of aromatic nitrogens is 4. The zero-order valence-electron chi connectivity index (χ0n) is 16.7. The summed E-state index contributed by atoms with van der Waals surface area (Å²) < 4.78 is 32.4. The summed E-state index contributed by atoms with van der Waals surface area (Å²) in [6.45, 7) is 3.37. The number of aryl methyl sites for hydroxylation is 2. The van der Waals surface area contributed by atoms with Gasteiger partial charge in [-0.2, -0.15) is 0 Å². The number of sulfone groups is 1. The summed E-state index contributed by atoms with van der Waals surface area (Å²) in [6, 6.07) is 6.49. The van der Waals surface area contributed by atoms with Gasteiger partial charge in [-0.05, 0) is 31.2 Å². The molecule has 4 aromatic rings. The zero-order chi connectivity index (χ0) is 21.5. The Hall–Kier alpha value is -3.46. The van der Waals surface area contributed by atoms with E-state index < -0.39 is 9.84 Å². The lowest BCUT2D eigenvalue weighted by atomic mass is 10.0. The molecule has 0 radical (unpaired) electrons. The molecule has 0 spiro atoms. The minimum atomic E-state index is -3.44. The second kappa shape index (κ2) is 7.42. The van der Waals surface area contributed by atoms with Crippen LogP contribution in [0.2, 0.25) is 0 Å². The number of aromatic amines is 1. The minimum absolute atomic E-state index is 0.0235. The number of H-pyrrole nitrogens is 1. The Morgan fingerprint density at radius 1 is 1.13 bits per heavy atom. The van der Waals surface area contributed by atoms with Gasteiger partial charge in [-0.15, -0.1) is 0 Å². The number of hydrogen-bond acceptors (Lipinski definition) is 6. The number of pyridine rings is 1. The maximum atomic E-state index is 12.5. The van der Waals surface area contributed by atoms with E-state index in [1.165, 1.54) is 16.8 Å². The molecule has 0 bridgehead atoms. The second-order valence-electron chi connectivity index (χ2n) is 6.83. The van der Waals surface area contributed by atoms with Crippen LogP contribution in [-0.2, 0) is 16.9 Å². The molecule has 0 aliphatic heterocycles. The molecule has 3 aromatic heterocycles. The van der Waals surface area contributed by atoms with Gasteiger partial charge in [-0.3, -0.25) is 9.78 Å². The molecule has 1 aromatic carbocycles.